The highest BCUT2D eigenvalue weighted by molar-refractivity contribution is 6.08. The van der Waals surface area contributed by atoms with Gasteiger partial charge in [0, 0.05) is 17.8 Å². The number of pyridine rings is 1. The van der Waals surface area contributed by atoms with Crippen molar-refractivity contribution in [3.63, 3.8) is 0 Å². The highest BCUT2D eigenvalue weighted by Crippen LogP contribution is 2.33. The summed E-state index contributed by atoms with van der Waals surface area (Å²) in [4.78, 5) is 39.8. The Morgan fingerprint density at radius 2 is 1.77 bits per heavy atom. The molecule has 0 aliphatic rings. The zero-order chi connectivity index (χ0) is 21.8. The van der Waals surface area contributed by atoms with Crippen LogP contribution in [0.15, 0.2) is 60.8 Å². The largest absolute Gasteiger partial charge is 0.506 e. The molecule has 0 unspecified atom stereocenters. The maximum absolute atomic E-state index is 13.4. The van der Waals surface area contributed by atoms with Gasteiger partial charge in [0.25, 0.3) is 17.3 Å². The summed E-state index contributed by atoms with van der Waals surface area (Å²) in [6, 6.07) is 13.0. The zero-order valence-electron chi connectivity index (χ0n) is 15.8. The predicted octanol–water partition coefficient (Wildman–Crippen LogP) is 3.76. The molecule has 0 saturated heterocycles. The minimum atomic E-state index is -0.799. The highest BCUT2D eigenvalue weighted by Gasteiger charge is 2.29. The molecule has 0 aliphatic heterocycles. The van der Waals surface area contributed by atoms with E-state index in [4.69, 9.17) is 0 Å². The van der Waals surface area contributed by atoms with Crippen LogP contribution >= 0.6 is 0 Å². The van der Waals surface area contributed by atoms with E-state index >= 15 is 0 Å². The van der Waals surface area contributed by atoms with Crippen LogP contribution < -0.4 is 4.90 Å². The second-order valence-electron chi connectivity index (χ2n) is 6.35. The van der Waals surface area contributed by atoms with Gasteiger partial charge in [-0.15, -0.1) is 0 Å². The second-order valence-corrected chi connectivity index (χ2v) is 6.35. The van der Waals surface area contributed by atoms with Crippen molar-refractivity contribution in [1.29, 1.82) is 0 Å². The number of rotatable bonds is 6. The molecule has 30 heavy (non-hydrogen) atoms. The SMILES string of the molecule is Cc1c(C(=O)N(Cc2ccccn2)c2ccccc2O)cc([N+](=O)[O-])cc1[N+](=O)[O-]. The number of carbonyl (C=O) groups excluding carboxylic acids is 1. The number of carbonyl (C=O) groups is 1. The first-order chi connectivity index (χ1) is 14.3. The van der Waals surface area contributed by atoms with Crippen molar-refractivity contribution in [2.75, 3.05) is 4.90 Å². The number of phenols is 1. The molecule has 1 amide bonds. The van der Waals surface area contributed by atoms with Crippen molar-refractivity contribution in [3.05, 3.63) is 97.8 Å². The van der Waals surface area contributed by atoms with Crippen LogP contribution in [0.25, 0.3) is 0 Å². The van der Waals surface area contributed by atoms with E-state index in [1.54, 1.807) is 30.3 Å². The fraction of sp³-hybridized carbons (Fsp3) is 0.100. The predicted molar refractivity (Wildman–Crippen MR) is 107 cm³/mol. The van der Waals surface area contributed by atoms with Gasteiger partial charge in [-0.1, -0.05) is 18.2 Å². The summed E-state index contributed by atoms with van der Waals surface area (Å²) in [5, 5.41) is 32.9. The fourth-order valence-corrected chi connectivity index (χ4v) is 2.96. The number of hydrogen-bond acceptors (Lipinski definition) is 7. The Labute approximate surface area is 170 Å². The monoisotopic (exact) mass is 408 g/mol. The molecular weight excluding hydrogens is 392 g/mol. The van der Waals surface area contributed by atoms with Crippen molar-refractivity contribution in [2.45, 2.75) is 13.5 Å². The van der Waals surface area contributed by atoms with Crippen LogP contribution in [0.1, 0.15) is 21.6 Å². The summed E-state index contributed by atoms with van der Waals surface area (Å²) in [7, 11) is 0. The normalized spacial score (nSPS) is 10.4. The summed E-state index contributed by atoms with van der Waals surface area (Å²) in [6.07, 6.45) is 1.53. The van der Waals surface area contributed by atoms with Crippen molar-refractivity contribution >= 4 is 23.0 Å². The minimum absolute atomic E-state index is 0.0166. The van der Waals surface area contributed by atoms with Crippen molar-refractivity contribution < 1.29 is 19.7 Å². The van der Waals surface area contributed by atoms with Gasteiger partial charge in [0.05, 0.1) is 39.4 Å². The Kier molecular flexibility index (Phi) is 5.68. The first-order valence-corrected chi connectivity index (χ1v) is 8.72. The van der Waals surface area contributed by atoms with Gasteiger partial charge < -0.3 is 5.11 Å². The maximum Gasteiger partial charge on any atom is 0.279 e. The van der Waals surface area contributed by atoms with Gasteiger partial charge >= 0.3 is 0 Å². The van der Waals surface area contributed by atoms with Crippen LogP contribution in [0.5, 0.6) is 5.75 Å². The van der Waals surface area contributed by atoms with Crippen molar-refractivity contribution in [1.82, 2.24) is 4.98 Å². The van der Waals surface area contributed by atoms with Crippen molar-refractivity contribution in [3.8, 4) is 5.75 Å². The van der Waals surface area contributed by atoms with E-state index in [2.05, 4.69) is 4.98 Å². The van der Waals surface area contributed by atoms with E-state index < -0.39 is 27.1 Å². The number of aromatic nitrogens is 1. The number of aromatic hydroxyl groups is 1. The van der Waals surface area contributed by atoms with Crippen LogP contribution in [0, 0.1) is 27.2 Å². The van der Waals surface area contributed by atoms with E-state index in [0.717, 1.165) is 12.1 Å². The first kappa shape index (κ1) is 20.4. The molecule has 1 aromatic heterocycles. The Hall–Kier alpha value is -4.34. The zero-order valence-corrected chi connectivity index (χ0v) is 15.8. The lowest BCUT2D eigenvalue weighted by Crippen LogP contribution is -2.31. The molecule has 1 N–H and O–H groups in total. The molecule has 3 aromatic rings. The number of phenolic OH excluding ortho intramolecular Hbond substituents is 1. The average molecular weight is 408 g/mol. The van der Waals surface area contributed by atoms with Gasteiger partial charge in [0.15, 0.2) is 0 Å². The number of nitro benzene ring substituents is 2. The molecule has 152 valence electrons. The standard InChI is InChI=1S/C20H16N4O6/c1-13-16(10-15(23(27)28)11-18(13)24(29)30)20(26)22(12-14-6-4-5-9-21-14)17-7-2-3-8-19(17)25/h2-11,25H,12H2,1H3. The topological polar surface area (TPSA) is 140 Å². The molecule has 0 spiro atoms. The molecule has 10 heteroatoms. The van der Waals surface area contributed by atoms with Crippen LogP contribution in [-0.4, -0.2) is 25.8 Å². The van der Waals surface area contributed by atoms with Crippen LogP contribution in [0.3, 0.4) is 0 Å². The van der Waals surface area contributed by atoms with E-state index in [1.165, 1.54) is 30.2 Å². The smallest absolute Gasteiger partial charge is 0.279 e. The summed E-state index contributed by atoms with van der Waals surface area (Å²) in [6.45, 7) is 1.28. The molecule has 0 aliphatic carbocycles. The summed E-state index contributed by atoms with van der Waals surface area (Å²) in [5.74, 6) is -0.939. The third-order valence-electron chi connectivity index (χ3n) is 4.47. The number of nitrogens with zero attached hydrogens (tertiary/aromatic N) is 4. The van der Waals surface area contributed by atoms with Crippen LogP contribution in [0.2, 0.25) is 0 Å². The lowest BCUT2D eigenvalue weighted by molar-refractivity contribution is -0.394. The summed E-state index contributed by atoms with van der Waals surface area (Å²) < 4.78 is 0. The summed E-state index contributed by atoms with van der Waals surface area (Å²) in [5.41, 5.74) is -0.714. The summed E-state index contributed by atoms with van der Waals surface area (Å²) >= 11 is 0. The molecule has 3 rings (SSSR count). The van der Waals surface area contributed by atoms with Crippen LogP contribution in [0.4, 0.5) is 17.1 Å². The van der Waals surface area contributed by atoms with Gasteiger partial charge in [-0.25, -0.2) is 0 Å². The van der Waals surface area contributed by atoms with E-state index in [9.17, 15) is 30.1 Å². The van der Waals surface area contributed by atoms with Gasteiger partial charge in [0.2, 0.25) is 0 Å². The number of para-hydroxylation sites is 2. The average Bonchev–Trinajstić information content (AvgIpc) is 2.72. The molecule has 0 fully saturated rings. The maximum atomic E-state index is 13.4. The second kappa shape index (κ2) is 8.35. The lowest BCUT2D eigenvalue weighted by atomic mass is 10.0. The van der Waals surface area contributed by atoms with E-state index in [0.29, 0.717) is 5.69 Å². The van der Waals surface area contributed by atoms with E-state index in [1.807, 2.05) is 0 Å². The Morgan fingerprint density at radius 3 is 2.37 bits per heavy atom. The number of anilines is 1. The minimum Gasteiger partial charge on any atom is -0.506 e. The molecule has 0 atom stereocenters. The molecule has 0 bridgehead atoms. The molecule has 0 saturated carbocycles. The van der Waals surface area contributed by atoms with Gasteiger partial charge in [-0.05, 0) is 31.2 Å². The van der Waals surface area contributed by atoms with Gasteiger partial charge in [0.1, 0.15) is 5.75 Å². The number of amides is 1. The molecule has 0 radical (unpaired) electrons. The molecule has 1 heterocycles. The van der Waals surface area contributed by atoms with Gasteiger partial charge in [-0.3, -0.25) is 34.9 Å². The Balaban J connectivity index is 2.17. The van der Waals surface area contributed by atoms with E-state index in [-0.39, 0.29) is 29.1 Å². The number of non-ortho nitro benzene ring substituents is 1. The molecule has 10 nitrogen and oxygen atoms in total. The molecule has 2 aromatic carbocycles. The number of hydrogen-bond donors (Lipinski definition) is 1. The number of nitro groups is 2. The highest BCUT2D eigenvalue weighted by atomic mass is 16.6. The fourth-order valence-electron chi connectivity index (χ4n) is 2.96. The quantitative estimate of drug-likeness (QED) is 0.484. The Morgan fingerprint density at radius 1 is 1.07 bits per heavy atom. The Bertz CT molecular complexity index is 1130. The third kappa shape index (κ3) is 4.07. The number of benzene rings is 2. The lowest BCUT2D eigenvalue weighted by Gasteiger charge is -2.24. The van der Waals surface area contributed by atoms with Crippen molar-refractivity contribution in [2.24, 2.45) is 0 Å². The van der Waals surface area contributed by atoms with Gasteiger partial charge in [-0.2, -0.15) is 0 Å². The first-order valence-electron chi connectivity index (χ1n) is 8.72. The van der Waals surface area contributed by atoms with Crippen LogP contribution in [-0.2, 0) is 6.54 Å². The third-order valence-corrected chi connectivity index (χ3v) is 4.47. The molecular formula is C20H16N4O6.